The van der Waals surface area contributed by atoms with Gasteiger partial charge in [-0.25, -0.2) is 0 Å². The standard InChI is InChI=1S/C11H23NO/c1-9(2)5-7-11(12,8-6-9)10(3,4)13/h13H,5-8,12H2,1-4H3. The molecule has 0 bridgehead atoms. The number of hydrogen-bond acceptors (Lipinski definition) is 2. The number of hydrogen-bond donors (Lipinski definition) is 2. The van der Waals surface area contributed by atoms with Crippen molar-refractivity contribution in [3.8, 4) is 0 Å². The summed E-state index contributed by atoms with van der Waals surface area (Å²) in [5, 5.41) is 9.95. The molecule has 0 aliphatic heterocycles. The van der Waals surface area contributed by atoms with Crippen LogP contribution in [0, 0.1) is 5.41 Å². The summed E-state index contributed by atoms with van der Waals surface area (Å²) in [5.74, 6) is 0. The van der Waals surface area contributed by atoms with Crippen LogP contribution in [0.1, 0.15) is 53.4 Å². The highest BCUT2D eigenvalue weighted by atomic mass is 16.3. The molecule has 0 spiro atoms. The highest BCUT2D eigenvalue weighted by Crippen LogP contribution is 2.43. The molecule has 1 aliphatic rings. The second-order valence-corrected chi connectivity index (χ2v) is 5.88. The van der Waals surface area contributed by atoms with E-state index in [-0.39, 0.29) is 5.54 Å². The molecule has 0 saturated heterocycles. The fraction of sp³-hybridized carbons (Fsp3) is 1.00. The zero-order chi connectivity index (χ0) is 10.3. The van der Waals surface area contributed by atoms with Crippen molar-refractivity contribution in [2.75, 3.05) is 0 Å². The van der Waals surface area contributed by atoms with Gasteiger partial charge in [0, 0.05) is 5.54 Å². The molecule has 13 heavy (non-hydrogen) atoms. The molecule has 0 amide bonds. The van der Waals surface area contributed by atoms with Gasteiger partial charge in [0.05, 0.1) is 5.60 Å². The Labute approximate surface area is 81.5 Å². The van der Waals surface area contributed by atoms with Gasteiger partial charge in [-0.05, 0) is 44.9 Å². The van der Waals surface area contributed by atoms with Gasteiger partial charge in [0.2, 0.25) is 0 Å². The average molecular weight is 185 g/mol. The van der Waals surface area contributed by atoms with Gasteiger partial charge in [0.25, 0.3) is 0 Å². The molecule has 0 aromatic carbocycles. The minimum absolute atomic E-state index is 0.373. The highest BCUT2D eigenvalue weighted by molar-refractivity contribution is 5.02. The van der Waals surface area contributed by atoms with E-state index >= 15 is 0 Å². The van der Waals surface area contributed by atoms with Crippen LogP contribution in [0.2, 0.25) is 0 Å². The Balaban J connectivity index is 2.68. The maximum atomic E-state index is 9.95. The summed E-state index contributed by atoms with van der Waals surface area (Å²) in [4.78, 5) is 0. The van der Waals surface area contributed by atoms with Gasteiger partial charge in [-0.1, -0.05) is 13.8 Å². The molecule has 0 atom stereocenters. The van der Waals surface area contributed by atoms with Gasteiger partial charge >= 0.3 is 0 Å². The van der Waals surface area contributed by atoms with Crippen LogP contribution in [0.5, 0.6) is 0 Å². The van der Waals surface area contributed by atoms with Crippen molar-refractivity contribution in [3.05, 3.63) is 0 Å². The van der Waals surface area contributed by atoms with Crippen LogP contribution in [-0.4, -0.2) is 16.2 Å². The van der Waals surface area contributed by atoms with Crippen molar-refractivity contribution in [2.24, 2.45) is 11.1 Å². The summed E-state index contributed by atoms with van der Waals surface area (Å²) in [6, 6.07) is 0. The van der Waals surface area contributed by atoms with Crippen LogP contribution >= 0.6 is 0 Å². The van der Waals surface area contributed by atoms with Gasteiger partial charge in [-0.3, -0.25) is 0 Å². The number of nitrogens with two attached hydrogens (primary N) is 1. The lowest BCUT2D eigenvalue weighted by Gasteiger charge is -2.47. The predicted octanol–water partition coefficient (Wildman–Crippen LogP) is 2.05. The van der Waals surface area contributed by atoms with E-state index in [2.05, 4.69) is 13.8 Å². The lowest BCUT2D eigenvalue weighted by molar-refractivity contribution is -0.0355. The van der Waals surface area contributed by atoms with Gasteiger partial charge in [0.15, 0.2) is 0 Å². The van der Waals surface area contributed by atoms with E-state index in [9.17, 15) is 5.11 Å². The molecular formula is C11H23NO. The third kappa shape index (κ3) is 2.23. The third-order valence-electron chi connectivity index (χ3n) is 3.71. The van der Waals surface area contributed by atoms with Crippen molar-refractivity contribution < 1.29 is 5.11 Å². The quantitative estimate of drug-likeness (QED) is 0.657. The van der Waals surface area contributed by atoms with E-state index in [1.54, 1.807) is 0 Å². The first-order chi connectivity index (χ1) is 5.66. The monoisotopic (exact) mass is 185 g/mol. The first kappa shape index (κ1) is 11.0. The fourth-order valence-corrected chi connectivity index (χ4v) is 1.98. The van der Waals surface area contributed by atoms with Crippen LogP contribution in [-0.2, 0) is 0 Å². The molecule has 1 saturated carbocycles. The smallest absolute Gasteiger partial charge is 0.0770 e. The minimum Gasteiger partial charge on any atom is -0.389 e. The third-order valence-corrected chi connectivity index (χ3v) is 3.71. The summed E-state index contributed by atoms with van der Waals surface area (Å²) in [7, 11) is 0. The Bertz CT molecular complexity index is 181. The SMILES string of the molecule is CC1(C)CCC(N)(C(C)(C)O)CC1. The van der Waals surface area contributed by atoms with Gasteiger partial charge < -0.3 is 10.8 Å². The zero-order valence-corrected chi connectivity index (χ0v) is 9.35. The molecular weight excluding hydrogens is 162 g/mol. The van der Waals surface area contributed by atoms with Crippen LogP contribution in [0.4, 0.5) is 0 Å². The van der Waals surface area contributed by atoms with E-state index in [4.69, 9.17) is 5.73 Å². The topological polar surface area (TPSA) is 46.2 Å². The Morgan fingerprint density at radius 2 is 1.46 bits per heavy atom. The van der Waals surface area contributed by atoms with Crippen molar-refractivity contribution in [3.63, 3.8) is 0 Å². The summed E-state index contributed by atoms with van der Waals surface area (Å²) in [6.07, 6.45) is 4.11. The lowest BCUT2D eigenvalue weighted by atomic mass is 9.64. The molecule has 2 nitrogen and oxygen atoms in total. The van der Waals surface area contributed by atoms with E-state index in [0.29, 0.717) is 5.41 Å². The molecule has 0 aromatic rings. The maximum absolute atomic E-state index is 9.95. The van der Waals surface area contributed by atoms with Crippen molar-refractivity contribution >= 4 is 0 Å². The highest BCUT2D eigenvalue weighted by Gasteiger charge is 2.44. The van der Waals surface area contributed by atoms with Gasteiger partial charge in [-0.15, -0.1) is 0 Å². The largest absolute Gasteiger partial charge is 0.389 e. The first-order valence-electron chi connectivity index (χ1n) is 5.18. The molecule has 0 heterocycles. The predicted molar refractivity (Wildman–Crippen MR) is 55.5 cm³/mol. The van der Waals surface area contributed by atoms with E-state index in [1.807, 2.05) is 13.8 Å². The van der Waals surface area contributed by atoms with Crippen LogP contribution in [0.25, 0.3) is 0 Å². The normalized spacial score (nSPS) is 27.2. The van der Waals surface area contributed by atoms with Crippen LogP contribution in [0.3, 0.4) is 0 Å². The Kier molecular flexibility index (Phi) is 2.50. The van der Waals surface area contributed by atoms with E-state index in [0.717, 1.165) is 25.7 Å². The second-order valence-electron chi connectivity index (χ2n) is 5.88. The number of rotatable bonds is 1. The van der Waals surface area contributed by atoms with E-state index < -0.39 is 5.60 Å². The van der Waals surface area contributed by atoms with Gasteiger partial charge in [0.1, 0.15) is 0 Å². The Morgan fingerprint density at radius 1 is 1.08 bits per heavy atom. The zero-order valence-electron chi connectivity index (χ0n) is 9.35. The molecule has 0 unspecified atom stereocenters. The van der Waals surface area contributed by atoms with E-state index in [1.165, 1.54) is 0 Å². The van der Waals surface area contributed by atoms with Crippen molar-refractivity contribution in [1.29, 1.82) is 0 Å². The van der Waals surface area contributed by atoms with Crippen molar-refractivity contribution in [1.82, 2.24) is 0 Å². The van der Waals surface area contributed by atoms with Crippen molar-refractivity contribution in [2.45, 2.75) is 64.5 Å². The van der Waals surface area contributed by atoms with Gasteiger partial charge in [-0.2, -0.15) is 0 Å². The molecule has 1 fully saturated rings. The molecule has 2 heteroatoms. The molecule has 3 N–H and O–H groups in total. The fourth-order valence-electron chi connectivity index (χ4n) is 1.98. The molecule has 78 valence electrons. The summed E-state index contributed by atoms with van der Waals surface area (Å²) >= 11 is 0. The second kappa shape index (κ2) is 2.96. The Morgan fingerprint density at radius 3 is 1.77 bits per heavy atom. The maximum Gasteiger partial charge on any atom is 0.0770 e. The van der Waals surface area contributed by atoms with Crippen LogP contribution < -0.4 is 5.73 Å². The summed E-state index contributed by atoms with van der Waals surface area (Å²) in [5.41, 5.74) is 5.50. The molecule has 1 rings (SSSR count). The molecule has 1 aliphatic carbocycles. The molecule has 0 radical (unpaired) electrons. The lowest BCUT2D eigenvalue weighted by Crippen LogP contribution is -2.59. The minimum atomic E-state index is -0.747. The average Bonchev–Trinajstić information content (AvgIpc) is 1.94. The summed E-state index contributed by atoms with van der Waals surface area (Å²) in [6.45, 7) is 8.20. The molecule has 0 aromatic heterocycles. The summed E-state index contributed by atoms with van der Waals surface area (Å²) < 4.78 is 0. The first-order valence-corrected chi connectivity index (χ1v) is 5.18. The Hall–Kier alpha value is -0.0800. The van der Waals surface area contributed by atoms with Crippen LogP contribution in [0.15, 0.2) is 0 Å². The number of aliphatic hydroxyl groups is 1.